The second-order valence-electron chi connectivity index (χ2n) is 3.13. The molecule has 0 saturated heterocycles. The van der Waals surface area contributed by atoms with Crippen LogP contribution in [0.3, 0.4) is 0 Å². The second-order valence-corrected chi connectivity index (χ2v) is 5.07. The first-order valence-corrected chi connectivity index (χ1v) is 5.79. The SMILES string of the molecule is CCC(CCC(=O)O)(C(=O)O)P(=O)(O)O. The summed E-state index contributed by atoms with van der Waals surface area (Å²) in [6, 6.07) is 0. The van der Waals surface area contributed by atoms with Crippen LogP contribution >= 0.6 is 7.60 Å². The van der Waals surface area contributed by atoms with Crippen molar-refractivity contribution in [2.75, 3.05) is 0 Å². The van der Waals surface area contributed by atoms with Gasteiger partial charge in [-0.05, 0) is 12.8 Å². The van der Waals surface area contributed by atoms with Gasteiger partial charge in [0.2, 0.25) is 0 Å². The topological polar surface area (TPSA) is 132 Å². The average molecular weight is 240 g/mol. The molecule has 4 N–H and O–H groups in total. The van der Waals surface area contributed by atoms with Gasteiger partial charge in [0.15, 0.2) is 5.16 Å². The Morgan fingerprint density at radius 2 is 1.73 bits per heavy atom. The normalized spacial score (nSPS) is 15.7. The molecule has 15 heavy (non-hydrogen) atoms. The molecule has 0 fully saturated rings. The van der Waals surface area contributed by atoms with Crippen LogP contribution in [0.2, 0.25) is 0 Å². The van der Waals surface area contributed by atoms with E-state index in [1.54, 1.807) is 0 Å². The van der Waals surface area contributed by atoms with Crippen LogP contribution < -0.4 is 0 Å². The van der Waals surface area contributed by atoms with E-state index in [1.165, 1.54) is 6.92 Å². The van der Waals surface area contributed by atoms with Crippen molar-refractivity contribution in [2.45, 2.75) is 31.3 Å². The van der Waals surface area contributed by atoms with Gasteiger partial charge < -0.3 is 20.0 Å². The molecule has 0 spiro atoms. The first-order chi connectivity index (χ1) is 6.67. The van der Waals surface area contributed by atoms with Crippen molar-refractivity contribution in [3.8, 4) is 0 Å². The summed E-state index contributed by atoms with van der Waals surface area (Å²) in [7, 11) is -4.88. The van der Waals surface area contributed by atoms with Crippen LogP contribution in [0, 0.1) is 0 Å². The average Bonchev–Trinajstić information content (AvgIpc) is 2.02. The van der Waals surface area contributed by atoms with Gasteiger partial charge in [-0.2, -0.15) is 0 Å². The van der Waals surface area contributed by atoms with Gasteiger partial charge in [0.05, 0.1) is 0 Å². The van der Waals surface area contributed by atoms with Crippen LogP contribution in [0.1, 0.15) is 26.2 Å². The van der Waals surface area contributed by atoms with E-state index < -0.39 is 37.5 Å². The zero-order chi connectivity index (χ0) is 12.3. The number of hydrogen-bond acceptors (Lipinski definition) is 3. The van der Waals surface area contributed by atoms with Crippen molar-refractivity contribution in [1.82, 2.24) is 0 Å². The molecule has 0 amide bonds. The molecule has 0 aromatic rings. The molecule has 1 unspecified atom stereocenters. The minimum atomic E-state index is -4.88. The molecule has 0 saturated carbocycles. The van der Waals surface area contributed by atoms with Crippen LogP contribution in [-0.2, 0) is 14.2 Å². The summed E-state index contributed by atoms with van der Waals surface area (Å²) in [5.41, 5.74) is 0. The fourth-order valence-electron chi connectivity index (χ4n) is 1.22. The number of aliphatic carboxylic acids is 2. The lowest BCUT2D eigenvalue weighted by Crippen LogP contribution is -2.38. The third kappa shape index (κ3) is 3.02. The third-order valence-electron chi connectivity index (χ3n) is 2.29. The fourth-order valence-corrected chi connectivity index (χ4v) is 2.29. The van der Waals surface area contributed by atoms with E-state index in [1.807, 2.05) is 0 Å². The maximum absolute atomic E-state index is 11.1. The summed E-state index contributed by atoms with van der Waals surface area (Å²) in [6.45, 7) is 1.30. The molecule has 0 aliphatic heterocycles. The summed E-state index contributed by atoms with van der Waals surface area (Å²) in [5.74, 6) is -2.96. The number of rotatable bonds is 6. The van der Waals surface area contributed by atoms with E-state index in [0.29, 0.717) is 0 Å². The first kappa shape index (κ1) is 14.1. The lowest BCUT2D eigenvalue weighted by atomic mass is 9.99. The van der Waals surface area contributed by atoms with E-state index in [0.717, 1.165) is 0 Å². The predicted molar refractivity (Wildman–Crippen MR) is 49.6 cm³/mol. The Hall–Kier alpha value is -0.910. The molecule has 0 rings (SSSR count). The van der Waals surface area contributed by atoms with Gasteiger partial charge >= 0.3 is 19.5 Å². The molecule has 1 atom stereocenters. The Morgan fingerprint density at radius 3 is 1.93 bits per heavy atom. The lowest BCUT2D eigenvalue weighted by molar-refractivity contribution is -0.142. The Labute approximate surface area is 85.9 Å². The molecular formula is C7H13O7P. The minimum Gasteiger partial charge on any atom is -0.481 e. The highest BCUT2D eigenvalue weighted by Crippen LogP contribution is 2.55. The molecule has 0 radical (unpaired) electrons. The van der Waals surface area contributed by atoms with E-state index in [4.69, 9.17) is 20.0 Å². The summed E-state index contributed by atoms with van der Waals surface area (Å²) < 4.78 is 11.1. The smallest absolute Gasteiger partial charge is 0.342 e. The van der Waals surface area contributed by atoms with Gasteiger partial charge in [0.25, 0.3) is 0 Å². The number of carbonyl (C=O) groups is 2. The van der Waals surface area contributed by atoms with Crippen molar-refractivity contribution in [1.29, 1.82) is 0 Å². The number of carboxylic acid groups (broad SMARTS) is 2. The third-order valence-corrected chi connectivity index (χ3v) is 4.14. The molecule has 0 heterocycles. The molecule has 0 aliphatic rings. The largest absolute Gasteiger partial charge is 0.481 e. The van der Waals surface area contributed by atoms with E-state index in [9.17, 15) is 14.2 Å². The van der Waals surface area contributed by atoms with Gasteiger partial charge in [0, 0.05) is 6.42 Å². The molecule has 88 valence electrons. The van der Waals surface area contributed by atoms with Crippen LogP contribution in [0.25, 0.3) is 0 Å². The zero-order valence-electron chi connectivity index (χ0n) is 8.08. The van der Waals surface area contributed by atoms with Crippen LogP contribution in [0.5, 0.6) is 0 Å². The van der Waals surface area contributed by atoms with Gasteiger partial charge in [-0.25, -0.2) is 0 Å². The molecule has 7 nitrogen and oxygen atoms in total. The number of hydrogen-bond donors (Lipinski definition) is 4. The van der Waals surface area contributed by atoms with Crippen LogP contribution in [-0.4, -0.2) is 37.1 Å². The van der Waals surface area contributed by atoms with Crippen molar-refractivity contribution in [3.05, 3.63) is 0 Å². The maximum Gasteiger partial charge on any atom is 0.342 e. The minimum absolute atomic E-state index is 0.320. The van der Waals surface area contributed by atoms with Gasteiger partial charge in [-0.1, -0.05) is 6.92 Å². The van der Waals surface area contributed by atoms with Crippen molar-refractivity contribution in [2.24, 2.45) is 0 Å². The van der Waals surface area contributed by atoms with Crippen LogP contribution in [0.4, 0.5) is 0 Å². The standard InChI is InChI=1S/C7H13O7P/c1-2-7(6(10)11,15(12,13)14)4-3-5(8)9/h2-4H2,1H3,(H,8,9)(H,10,11)(H2,12,13,14). The van der Waals surface area contributed by atoms with Gasteiger partial charge in [-0.3, -0.25) is 14.2 Å². The van der Waals surface area contributed by atoms with E-state index in [2.05, 4.69) is 0 Å². The Balaban J connectivity index is 5.09. The lowest BCUT2D eigenvalue weighted by Gasteiger charge is -2.28. The highest BCUT2D eigenvalue weighted by molar-refractivity contribution is 7.54. The van der Waals surface area contributed by atoms with E-state index in [-0.39, 0.29) is 6.42 Å². The molecule has 0 aliphatic carbocycles. The van der Waals surface area contributed by atoms with Crippen molar-refractivity contribution >= 4 is 19.5 Å². The Kier molecular flexibility index (Phi) is 4.45. The maximum atomic E-state index is 11.1. The van der Waals surface area contributed by atoms with Gasteiger partial charge in [-0.15, -0.1) is 0 Å². The molecule has 0 aromatic carbocycles. The second kappa shape index (κ2) is 4.74. The quantitative estimate of drug-likeness (QED) is 0.489. The summed E-state index contributed by atoms with van der Waals surface area (Å²) in [4.78, 5) is 39.0. The molecule has 0 bridgehead atoms. The Morgan fingerprint density at radius 1 is 1.27 bits per heavy atom. The van der Waals surface area contributed by atoms with Crippen molar-refractivity contribution in [3.63, 3.8) is 0 Å². The predicted octanol–water partition coefficient (Wildman–Crippen LogP) is 0.262. The highest BCUT2D eigenvalue weighted by Gasteiger charge is 2.52. The van der Waals surface area contributed by atoms with Crippen LogP contribution in [0.15, 0.2) is 0 Å². The van der Waals surface area contributed by atoms with Gasteiger partial charge in [0.1, 0.15) is 0 Å². The summed E-state index contributed by atoms with van der Waals surface area (Å²) >= 11 is 0. The molecule has 8 heteroatoms. The fraction of sp³-hybridized carbons (Fsp3) is 0.714. The first-order valence-electron chi connectivity index (χ1n) is 4.18. The molecule has 0 aromatic heterocycles. The highest BCUT2D eigenvalue weighted by atomic mass is 31.2. The summed E-state index contributed by atoms with van der Waals surface area (Å²) in [6.07, 6.45) is -1.50. The summed E-state index contributed by atoms with van der Waals surface area (Å²) in [5, 5.41) is 14.9. The zero-order valence-corrected chi connectivity index (χ0v) is 8.98. The monoisotopic (exact) mass is 240 g/mol. The Bertz CT molecular complexity index is 306. The van der Waals surface area contributed by atoms with Crippen molar-refractivity contribution < 1.29 is 34.2 Å². The van der Waals surface area contributed by atoms with E-state index >= 15 is 0 Å². The number of carboxylic acids is 2. The molecular weight excluding hydrogens is 227 g/mol.